The van der Waals surface area contributed by atoms with E-state index in [0.29, 0.717) is 11.1 Å². The van der Waals surface area contributed by atoms with Crippen molar-refractivity contribution in [3.63, 3.8) is 0 Å². The molecule has 0 saturated heterocycles. The molecule has 0 heterocycles. The van der Waals surface area contributed by atoms with Crippen LogP contribution < -0.4 is 0 Å². The molecular formula is C26H34O9. The highest BCUT2D eigenvalue weighted by molar-refractivity contribution is 6.04. The largest absolute Gasteiger partial charge is 0.461 e. The molecule has 192 valence electrons. The van der Waals surface area contributed by atoms with Gasteiger partial charge in [-0.25, -0.2) is 0 Å². The van der Waals surface area contributed by atoms with Gasteiger partial charge in [-0.05, 0) is 18.1 Å². The first-order chi connectivity index (χ1) is 16.0. The molecule has 0 aromatic carbocycles. The van der Waals surface area contributed by atoms with Gasteiger partial charge in [0.2, 0.25) is 0 Å². The fourth-order valence-electron chi connectivity index (χ4n) is 7.43. The molecular weight excluding hydrogens is 456 g/mol. The van der Waals surface area contributed by atoms with Crippen molar-refractivity contribution < 1.29 is 43.6 Å². The van der Waals surface area contributed by atoms with Gasteiger partial charge in [-0.3, -0.25) is 19.2 Å². The Kier molecular flexibility index (Phi) is 5.65. The number of hydrogen-bond acceptors (Lipinski definition) is 9. The molecule has 4 aliphatic carbocycles. The van der Waals surface area contributed by atoms with Gasteiger partial charge < -0.3 is 24.4 Å². The predicted molar refractivity (Wildman–Crippen MR) is 121 cm³/mol. The van der Waals surface area contributed by atoms with Crippen LogP contribution in [0.3, 0.4) is 0 Å². The van der Waals surface area contributed by atoms with Crippen LogP contribution in [0.5, 0.6) is 0 Å². The van der Waals surface area contributed by atoms with Gasteiger partial charge in [0.25, 0.3) is 0 Å². The molecule has 8 atom stereocenters. The van der Waals surface area contributed by atoms with E-state index >= 15 is 0 Å². The van der Waals surface area contributed by atoms with E-state index in [9.17, 15) is 29.4 Å². The predicted octanol–water partition coefficient (Wildman–Crippen LogP) is 1.64. The van der Waals surface area contributed by atoms with E-state index < -0.39 is 75.7 Å². The summed E-state index contributed by atoms with van der Waals surface area (Å²) in [6, 6.07) is 0. The summed E-state index contributed by atoms with van der Waals surface area (Å²) in [6.07, 6.45) is 2.21. The first-order valence-electron chi connectivity index (χ1n) is 11.9. The monoisotopic (exact) mass is 490 g/mol. The van der Waals surface area contributed by atoms with Crippen LogP contribution in [0, 0.1) is 29.1 Å². The molecule has 2 N–H and O–H groups in total. The Morgan fingerprint density at radius 3 is 2.23 bits per heavy atom. The summed E-state index contributed by atoms with van der Waals surface area (Å²) in [6.45, 7) is 10.7. The van der Waals surface area contributed by atoms with E-state index in [1.807, 2.05) is 13.8 Å². The highest BCUT2D eigenvalue weighted by Crippen LogP contribution is 2.77. The van der Waals surface area contributed by atoms with E-state index in [2.05, 4.69) is 0 Å². The summed E-state index contributed by atoms with van der Waals surface area (Å²) in [7, 11) is 0. The zero-order valence-electron chi connectivity index (χ0n) is 21.2. The van der Waals surface area contributed by atoms with Crippen molar-refractivity contribution in [3.05, 3.63) is 23.3 Å². The lowest BCUT2D eigenvalue weighted by Crippen LogP contribution is -2.66. The second-order valence-electron chi connectivity index (χ2n) is 11.2. The van der Waals surface area contributed by atoms with Crippen molar-refractivity contribution in [2.75, 3.05) is 6.61 Å². The van der Waals surface area contributed by atoms with Gasteiger partial charge >= 0.3 is 17.9 Å². The van der Waals surface area contributed by atoms with Crippen LogP contribution in [-0.4, -0.2) is 63.4 Å². The molecule has 0 aromatic heterocycles. The molecule has 0 radical (unpaired) electrons. The second-order valence-corrected chi connectivity index (χ2v) is 11.2. The number of rotatable bonds is 4. The van der Waals surface area contributed by atoms with Crippen molar-refractivity contribution >= 4 is 23.7 Å². The molecule has 4 rings (SSSR count). The molecule has 4 aliphatic rings. The standard InChI is InChI=1S/C26H34O9/c1-12-8-19-24(31,21(12)30)10-17(11-33-14(3)27)9-18-20-23(6,7)26(20,35-16(5)29)22(34-15(4)28)13(2)25(18,19)32/h8-9,13,18-20,22,31-32H,10-11H2,1-7H3/t13-,18+,19-,20+,22-,24-,25-,26-/m1/s1. The van der Waals surface area contributed by atoms with Gasteiger partial charge in [0.1, 0.15) is 18.3 Å². The second kappa shape index (κ2) is 7.74. The Hall–Kier alpha value is -2.52. The number of ether oxygens (including phenoxy) is 3. The highest BCUT2D eigenvalue weighted by atomic mass is 16.6. The number of esters is 3. The lowest BCUT2D eigenvalue weighted by molar-refractivity contribution is -0.227. The van der Waals surface area contributed by atoms with E-state index in [1.165, 1.54) is 20.8 Å². The number of fused-ring (bicyclic) bond motifs is 5. The Morgan fingerprint density at radius 2 is 1.69 bits per heavy atom. The van der Waals surface area contributed by atoms with Crippen LogP contribution in [0.1, 0.15) is 54.9 Å². The zero-order chi connectivity index (χ0) is 26.3. The lowest BCUT2D eigenvalue weighted by atomic mass is 9.59. The Bertz CT molecular complexity index is 1070. The molecule has 0 amide bonds. The van der Waals surface area contributed by atoms with Crippen LogP contribution in [-0.2, 0) is 33.4 Å². The van der Waals surface area contributed by atoms with Crippen molar-refractivity contribution in [2.24, 2.45) is 29.1 Å². The molecule has 0 bridgehead atoms. The molecule has 9 nitrogen and oxygen atoms in total. The number of carbonyl (C=O) groups excluding carboxylic acids is 4. The van der Waals surface area contributed by atoms with Gasteiger partial charge in [-0.2, -0.15) is 0 Å². The SMILES string of the molecule is CC(=O)OCC1=C[C@H]2[C@H]3C(C)(C)[C@]3(OC(C)=O)[C@H](OC(C)=O)[C@@H](C)[C@]2(O)[C@@H]2C=C(C)C(=O)[C@@]2(O)C1. The first-order valence-corrected chi connectivity index (χ1v) is 11.9. The maximum atomic E-state index is 13.2. The molecule has 35 heavy (non-hydrogen) atoms. The molecule has 0 aliphatic heterocycles. The molecule has 0 spiro atoms. The van der Waals surface area contributed by atoms with Gasteiger partial charge in [0.15, 0.2) is 11.4 Å². The molecule has 0 aromatic rings. The molecule has 2 saturated carbocycles. The van der Waals surface area contributed by atoms with Crippen molar-refractivity contribution in [3.8, 4) is 0 Å². The maximum absolute atomic E-state index is 13.2. The third kappa shape index (κ3) is 3.27. The van der Waals surface area contributed by atoms with Crippen LogP contribution in [0.15, 0.2) is 23.3 Å². The topological polar surface area (TPSA) is 136 Å². The Balaban J connectivity index is 1.95. The summed E-state index contributed by atoms with van der Waals surface area (Å²) in [5.74, 6) is -5.20. The van der Waals surface area contributed by atoms with Crippen molar-refractivity contribution in [2.45, 2.75) is 77.8 Å². The van der Waals surface area contributed by atoms with Crippen LogP contribution >= 0.6 is 0 Å². The minimum absolute atomic E-state index is 0.130. The summed E-state index contributed by atoms with van der Waals surface area (Å²) in [4.78, 5) is 49.1. The van der Waals surface area contributed by atoms with Crippen LogP contribution in [0.25, 0.3) is 0 Å². The summed E-state index contributed by atoms with van der Waals surface area (Å²) in [5, 5.41) is 24.3. The van der Waals surface area contributed by atoms with Gasteiger partial charge in [-0.1, -0.05) is 32.9 Å². The normalized spacial score (nSPS) is 42.9. The van der Waals surface area contributed by atoms with Crippen LogP contribution in [0.4, 0.5) is 0 Å². The Morgan fingerprint density at radius 1 is 1.06 bits per heavy atom. The Labute approximate surface area is 204 Å². The number of carbonyl (C=O) groups is 4. The average molecular weight is 491 g/mol. The number of Topliss-reactive ketones (excluding diaryl/α,β-unsaturated/α-hetero) is 1. The van der Waals surface area contributed by atoms with E-state index in [0.717, 1.165) is 0 Å². The third-order valence-electron chi connectivity index (χ3n) is 8.82. The molecule has 0 unspecified atom stereocenters. The third-order valence-corrected chi connectivity index (χ3v) is 8.82. The van der Waals surface area contributed by atoms with Gasteiger partial charge in [0.05, 0.1) is 5.60 Å². The van der Waals surface area contributed by atoms with E-state index in [4.69, 9.17) is 14.2 Å². The minimum atomic E-state index is -1.96. The van der Waals surface area contributed by atoms with Crippen molar-refractivity contribution in [1.29, 1.82) is 0 Å². The summed E-state index contributed by atoms with van der Waals surface area (Å²) < 4.78 is 16.9. The highest BCUT2D eigenvalue weighted by Gasteiger charge is 2.87. The summed E-state index contributed by atoms with van der Waals surface area (Å²) >= 11 is 0. The number of hydrogen-bond donors (Lipinski definition) is 2. The van der Waals surface area contributed by atoms with Crippen molar-refractivity contribution in [1.82, 2.24) is 0 Å². The maximum Gasteiger partial charge on any atom is 0.303 e. The molecule has 9 heteroatoms. The fourth-order valence-corrected chi connectivity index (χ4v) is 7.43. The van der Waals surface area contributed by atoms with E-state index in [1.54, 1.807) is 26.0 Å². The average Bonchev–Trinajstić information content (AvgIpc) is 3.15. The lowest BCUT2D eigenvalue weighted by Gasteiger charge is -2.53. The number of ketones is 1. The zero-order valence-corrected chi connectivity index (χ0v) is 21.2. The molecule has 2 fully saturated rings. The summed E-state index contributed by atoms with van der Waals surface area (Å²) in [5.41, 5.74) is -4.82. The van der Waals surface area contributed by atoms with E-state index in [-0.39, 0.29) is 13.0 Å². The first kappa shape index (κ1) is 25.6. The minimum Gasteiger partial charge on any atom is -0.461 e. The van der Waals surface area contributed by atoms with Gasteiger partial charge in [-0.15, -0.1) is 0 Å². The van der Waals surface area contributed by atoms with Gasteiger partial charge in [0, 0.05) is 56.3 Å². The fraction of sp³-hybridized carbons (Fsp3) is 0.692. The smallest absolute Gasteiger partial charge is 0.303 e. The quantitative estimate of drug-likeness (QED) is 0.342. The van der Waals surface area contributed by atoms with Crippen LogP contribution in [0.2, 0.25) is 0 Å². The number of aliphatic hydroxyl groups is 2.